The molecule has 0 radical (unpaired) electrons. The molecule has 2 fully saturated rings. The molecule has 9 N–H and O–H groups in total. The molecule has 0 aromatic heterocycles. The third-order valence-electron chi connectivity index (χ3n) is 13.1. The summed E-state index contributed by atoms with van der Waals surface area (Å²) in [5.74, 6) is -0.217. The second kappa shape index (κ2) is 39.9. The summed E-state index contributed by atoms with van der Waals surface area (Å²) in [5.41, 5.74) is 0. The van der Waals surface area contributed by atoms with Crippen molar-refractivity contribution in [2.45, 2.75) is 274 Å². The predicted molar refractivity (Wildman–Crippen MR) is 263 cm³/mol. The van der Waals surface area contributed by atoms with Crippen LogP contribution < -0.4 is 5.32 Å². The van der Waals surface area contributed by atoms with Gasteiger partial charge in [0.25, 0.3) is 0 Å². The van der Waals surface area contributed by atoms with Crippen molar-refractivity contribution in [2.75, 3.05) is 19.8 Å². The van der Waals surface area contributed by atoms with E-state index in [1.54, 1.807) is 0 Å². The van der Waals surface area contributed by atoms with Crippen LogP contribution in [-0.4, -0.2) is 140 Å². The van der Waals surface area contributed by atoms with Crippen LogP contribution in [0.25, 0.3) is 0 Å². The lowest BCUT2D eigenvalue weighted by Crippen LogP contribution is -2.65. The van der Waals surface area contributed by atoms with Crippen molar-refractivity contribution < 1.29 is 64.6 Å². The summed E-state index contributed by atoms with van der Waals surface area (Å²) < 4.78 is 22.7. The zero-order chi connectivity index (χ0) is 48.9. The van der Waals surface area contributed by atoms with Crippen molar-refractivity contribution in [3.63, 3.8) is 0 Å². The van der Waals surface area contributed by atoms with Gasteiger partial charge in [0.2, 0.25) is 5.91 Å². The molecule has 12 atom stereocenters. The molecule has 2 aliphatic heterocycles. The van der Waals surface area contributed by atoms with E-state index in [1.165, 1.54) is 103 Å². The molecular weight excluding hydrogens is 859 g/mol. The molecule has 0 aromatic rings. The van der Waals surface area contributed by atoms with E-state index in [4.69, 9.17) is 18.9 Å². The summed E-state index contributed by atoms with van der Waals surface area (Å²) in [7, 11) is 0. The van der Waals surface area contributed by atoms with Crippen LogP contribution in [0.3, 0.4) is 0 Å². The SMILES string of the molecule is CCCCCCC/C=C\C/C=C\C/C=C\CCCCCCCCCCC(=O)NC(COC1OC(CO)C(OC2OC(CO)C(O)C(O)C2O)C(O)C1O)C(O)CCCCCCCCCCCC. The smallest absolute Gasteiger partial charge is 0.220 e. The van der Waals surface area contributed by atoms with Crippen molar-refractivity contribution in [2.24, 2.45) is 0 Å². The summed E-state index contributed by atoms with van der Waals surface area (Å²) in [5, 5.41) is 86.8. The van der Waals surface area contributed by atoms with Crippen molar-refractivity contribution >= 4 is 5.91 Å². The molecule has 14 nitrogen and oxygen atoms in total. The molecule has 0 bridgehead atoms. The molecule has 392 valence electrons. The zero-order valence-corrected chi connectivity index (χ0v) is 41.6. The summed E-state index contributed by atoms with van der Waals surface area (Å²) in [6.07, 6.45) is 28.7. The summed E-state index contributed by atoms with van der Waals surface area (Å²) in [4.78, 5) is 13.2. The number of unbranched alkanes of at least 4 members (excludes halogenated alkanes) is 22. The summed E-state index contributed by atoms with van der Waals surface area (Å²) in [6.45, 7) is 2.81. The highest BCUT2D eigenvalue weighted by Crippen LogP contribution is 2.30. The standard InChI is InChI=1S/C53H97NO13/c1-3-5-7-9-11-13-15-16-17-18-19-20-21-22-23-24-25-26-27-29-31-33-35-37-45(58)54-41(42(57)36-34-32-30-28-14-12-10-8-6-4-2)40-64-52-50(63)48(61)51(44(39-56)66-52)67-53-49(62)47(60)46(59)43(38-55)65-53/h15-16,18-19,21-22,41-44,46-53,55-57,59-63H,3-14,17,20,23-40H2,1-2H3,(H,54,58)/b16-15-,19-18-,22-21-. The van der Waals surface area contributed by atoms with Crippen LogP contribution in [0.1, 0.15) is 200 Å². The van der Waals surface area contributed by atoms with Gasteiger partial charge in [-0.1, -0.05) is 179 Å². The number of aliphatic hydroxyl groups is 8. The van der Waals surface area contributed by atoms with Gasteiger partial charge in [-0.3, -0.25) is 4.79 Å². The van der Waals surface area contributed by atoms with Crippen LogP contribution in [0.2, 0.25) is 0 Å². The van der Waals surface area contributed by atoms with Gasteiger partial charge in [0, 0.05) is 6.42 Å². The topological polar surface area (TPSA) is 228 Å². The van der Waals surface area contributed by atoms with E-state index < -0.39 is 86.8 Å². The lowest BCUT2D eigenvalue weighted by Gasteiger charge is -2.46. The van der Waals surface area contributed by atoms with Crippen molar-refractivity contribution in [1.29, 1.82) is 0 Å². The first kappa shape index (κ1) is 61.3. The Morgan fingerprint density at radius 3 is 1.51 bits per heavy atom. The van der Waals surface area contributed by atoms with E-state index in [1.807, 2.05) is 0 Å². The fourth-order valence-electron chi connectivity index (χ4n) is 8.71. The Labute approximate surface area is 404 Å². The van der Waals surface area contributed by atoms with Crippen LogP contribution in [0.15, 0.2) is 36.5 Å². The number of carbonyl (C=O) groups excluding carboxylic acids is 1. The molecular formula is C53H97NO13. The van der Waals surface area contributed by atoms with Gasteiger partial charge < -0.3 is 65.1 Å². The van der Waals surface area contributed by atoms with Crippen LogP contribution in [-0.2, 0) is 23.7 Å². The third-order valence-corrected chi connectivity index (χ3v) is 13.1. The molecule has 67 heavy (non-hydrogen) atoms. The Bertz CT molecular complexity index is 1270. The average molecular weight is 956 g/mol. The number of aliphatic hydroxyl groups excluding tert-OH is 8. The maximum absolute atomic E-state index is 13.2. The lowest BCUT2D eigenvalue weighted by atomic mass is 9.97. The van der Waals surface area contributed by atoms with Gasteiger partial charge in [-0.05, 0) is 51.4 Å². The number of rotatable bonds is 41. The van der Waals surface area contributed by atoms with Gasteiger partial charge >= 0.3 is 0 Å². The fourth-order valence-corrected chi connectivity index (χ4v) is 8.71. The summed E-state index contributed by atoms with van der Waals surface area (Å²) in [6, 6.07) is -0.831. The normalized spacial score (nSPS) is 26.8. The highest BCUT2D eigenvalue weighted by atomic mass is 16.7. The molecule has 0 aromatic carbocycles. The number of carbonyl (C=O) groups is 1. The molecule has 0 saturated carbocycles. The highest BCUT2D eigenvalue weighted by molar-refractivity contribution is 5.76. The maximum Gasteiger partial charge on any atom is 0.220 e. The van der Waals surface area contributed by atoms with E-state index >= 15 is 0 Å². The second-order valence-electron chi connectivity index (χ2n) is 19.0. The minimum absolute atomic E-state index is 0.217. The Hall–Kier alpha value is -1.79. The monoisotopic (exact) mass is 956 g/mol. The first-order valence-electron chi connectivity index (χ1n) is 26.7. The molecule has 0 aliphatic carbocycles. The van der Waals surface area contributed by atoms with E-state index in [0.717, 1.165) is 64.2 Å². The molecule has 0 spiro atoms. The van der Waals surface area contributed by atoms with Gasteiger partial charge in [-0.2, -0.15) is 0 Å². The Kier molecular flexibility index (Phi) is 36.5. The second-order valence-corrected chi connectivity index (χ2v) is 19.0. The number of hydrogen-bond acceptors (Lipinski definition) is 13. The molecule has 2 saturated heterocycles. The van der Waals surface area contributed by atoms with Crippen LogP contribution in [0.5, 0.6) is 0 Å². The fraction of sp³-hybridized carbons (Fsp3) is 0.868. The Morgan fingerprint density at radius 2 is 0.985 bits per heavy atom. The molecule has 14 heteroatoms. The Morgan fingerprint density at radius 1 is 0.537 bits per heavy atom. The Balaban J connectivity index is 1.75. The number of amides is 1. The average Bonchev–Trinajstić information content (AvgIpc) is 3.32. The molecule has 12 unspecified atom stereocenters. The van der Waals surface area contributed by atoms with Crippen LogP contribution in [0, 0.1) is 0 Å². The van der Waals surface area contributed by atoms with E-state index in [0.29, 0.717) is 19.3 Å². The maximum atomic E-state index is 13.2. The number of ether oxygens (including phenoxy) is 4. The molecule has 2 heterocycles. The molecule has 2 aliphatic rings. The zero-order valence-electron chi connectivity index (χ0n) is 41.6. The molecule has 2 rings (SSSR count). The van der Waals surface area contributed by atoms with Crippen molar-refractivity contribution in [3.05, 3.63) is 36.5 Å². The van der Waals surface area contributed by atoms with Gasteiger partial charge in [-0.15, -0.1) is 0 Å². The van der Waals surface area contributed by atoms with Gasteiger partial charge in [0.1, 0.15) is 48.8 Å². The lowest BCUT2D eigenvalue weighted by molar-refractivity contribution is -0.359. The third kappa shape index (κ3) is 26.8. The van der Waals surface area contributed by atoms with E-state index in [2.05, 4.69) is 55.6 Å². The van der Waals surface area contributed by atoms with Crippen molar-refractivity contribution in [1.82, 2.24) is 5.32 Å². The first-order chi connectivity index (χ1) is 32.6. The minimum Gasteiger partial charge on any atom is -0.394 e. The minimum atomic E-state index is -1.78. The highest BCUT2D eigenvalue weighted by Gasteiger charge is 2.51. The van der Waals surface area contributed by atoms with Crippen LogP contribution in [0.4, 0.5) is 0 Å². The van der Waals surface area contributed by atoms with E-state index in [9.17, 15) is 45.6 Å². The summed E-state index contributed by atoms with van der Waals surface area (Å²) >= 11 is 0. The van der Waals surface area contributed by atoms with Crippen LogP contribution >= 0.6 is 0 Å². The van der Waals surface area contributed by atoms with Crippen molar-refractivity contribution in [3.8, 4) is 0 Å². The molecule has 1 amide bonds. The first-order valence-corrected chi connectivity index (χ1v) is 26.7. The largest absolute Gasteiger partial charge is 0.394 e. The van der Waals surface area contributed by atoms with Gasteiger partial charge in [0.05, 0.1) is 32.0 Å². The number of hydrogen-bond donors (Lipinski definition) is 9. The van der Waals surface area contributed by atoms with Gasteiger partial charge in [0.15, 0.2) is 12.6 Å². The number of allylic oxidation sites excluding steroid dienone is 6. The van der Waals surface area contributed by atoms with E-state index in [-0.39, 0.29) is 12.5 Å². The quantitative estimate of drug-likeness (QED) is 0.0214. The predicted octanol–water partition coefficient (Wildman–Crippen LogP) is 7.49. The number of nitrogens with one attached hydrogen (secondary N) is 1. The van der Waals surface area contributed by atoms with Gasteiger partial charge in [-0.25, -0.2) is 0 Å².